The molecule has 0 amide bonds. The van der Waals surface area contributed by atoms with Gasteiger partial charge in [-0.2, -0.15) is 0 Å². The fourth-order valence-electron chi connectivity index (χ4n) is 2.86. The summed E-state index contributed by atoms with van der Waals surface area (Å²) in [7, 11) is 0. The molecule has 0 radical (unpaired) electrons. The van der Waals surface area contributed by atoms with E-state index in [4.69, 9.17) is 0 Å². The van der Waals surface area contributed by atoms with E-state index in [2.05, 4.69) is 6.92 Å². The normalized spacial score (nSPS) is 12.0. The molecule has 0 unspecified atom stereocenters. The lowest BCUT2D eigenvalue weighted by molar-refractivity contribution is 0.0697. The van der Waals surface area contributed by atoms with Gasteiger partial charge >= 0.3 is 5.97 Å². The SMILES string of the molecule is CCCC/C(F)=C(\F)c1ccc(-c2cc(CCC)ccc2C(=O)O)cc1. The van der Waals surface area contributed by atoms with E-state index in [-0.39, 0.29) is 17.5 Å². The quantitative estimate of drug-likeness (QED) is 0.563. The van der Waals surface area contributed by atoms with Crippen LogP contribution in [0.5, 0.6) is 0 Å². The average molecular weight is 358 g/mol. The highest BCUT2D eigenvalue weighted by Gasteiger charge is 2.14. The van der Waals surface area contributed by atoms with Crippen LogP contribution in [0.1, 0.15) is 61.0 Å². The van der Waals surface area contributed by atoms with Gasteiger partial charge in [0.2, 0.25) is 0 Å². The maximum atomic E-state index is 14.2. The molecule has 0 saturated carbocycles. The zero-order valence-corrected chi connectivity index (χ0v) is 15.2. The summed E-state index contributed by atoms with van der Waals surface area (Å²) in [5.41, 5.74) is 2.68. The molecule has 0 aliphatic carbocycles. The van der Waals surface area contributed by atoms with Crippen LogP contribution in [0.15, 0.2) is 48.3 Å². The fourth-order valence-corrected chi connectivity index (χ4v) is 2.86. The zero-order valence-electron chi connectivity index (χ0n) is 15.2. The minimum Gasteiger partial charge on any atom is -0.478 e. The number of hydrogen-bond donors (Lipinski definition) is 1. The van der Waals surface area contributed by atoms with Crippen molar-refractivity contribution in [1.29, 1.82) is 0 Å². The summed E-state index contributed by atoms with van der Waals surface area (Å²) in [5.74, 6) is -2.59. The summed E-state index contributed by atoms with van der Waals surface area (Å²) in [6.07, 6.45) is 3.30. The Kier molecular flexibility index (Phi) is 7.07. The van der Waals surface area contributed by atoms with Crippen molar-refractivity contribution >= 4 is 11.8 Å². The predicted octanol–water partition coefficient (Wildman–Crippen LogP) is 6.80. The number of aromatic carboxylic acids is 1. The highest BCUT2D eigenvalue weighted by atomic mass is 19.2. The van der Waals surface area contributed by atoms with Gasteiger partial charge in [-0.25, -0.2) is 13.6 Å². The van der Waals surface area contributed by atoms with E-state index in [0.29, 0.717) is 17.5 Å². The van der Waals surface area contributed by atoms with Crippen LogP contribution in [-0.4, -0.2) is 11.1 Å². The Balaban J connectivity index is 2.38. The molecule has 0 heterocycles. The van der Waals surface area contributed by atoms with E-state index in [9.17, 15) is 18.7 Å². The van der Waals surface area contributed by atoms with Gasteiger partial charge in [0.05, 0.1) is 5.56 Å². The molecule has 1 N–H and O–H groups in total. The lowest BCUT2D eigenvalue weighted by Crippen LogP contribution is -2.01. The Bertz CT molecular complexity index is 792. The number of carboxylic acids is 1. The third-order valence-electron chi connectivity index (χ3n) is 4.29. The van der Waals surface area contributed by atoms with Gasteiger partial charge in [-0.15, -0.1) is 0 Å². The van der Waals surface area contributed by atoms with E-state index in [1.165, 1.54) is 12.1 Å². The van der Waals surface area contributed by atoms with Gasteiger partial charge in [-0.3, -0.25) is 0 Å². The second-order valence-electron chi connectivity index (χ2n) is 6.33. The number of unbranched alkanes of at least 4 members (excludes halogenated alkanes) is 1. The Hall–Kier alpha value is -2.49. The molecule has 4 heteroatoms. The van der Waals surface area contributed by atoms with Crippen molar-refractivity contribution < 1.29 is 18.7 Å². The number of rotatable bonds is 8. The van der Waals surface area contributed by atoms with Gasteiger partial charge < -0.3 is 5.11 Å². The largest absolute Gasteiger partial charge is 0.478 e. The van der Waals surface area contributed by atoms with Crippen molar-refractivity contribution in [3.05, 3.63) is 65.0 Å². The third-order valence-corrected chi connectivity index (χ3v) is 4.29. The summed E-state index contributed by atoms with van der Waals surface area (Å²) in [6, 6.07) is 11.5. The Morgan fingerprint density at radius 3 is 2.27 bits per heavy atom. The highest BCUT2D eigenvalue weighted by Crippen LogP contribution is 2.30. The van der Waals surface area contributed by atoms with E-state index >= 15 is 0 Å². The standard InChI is InChI=1S/C22H24F2O2/c1-3-5-7-20(23)21(24)17-11-9-16(10-12-17)19-14-15(6-4-2)8-13-18(19)22(25)26/h8-14H,3-7H2,1-2H3,(H,25,26)/b21-20+. The van der Waals surface area contributed by atoms with Crippen LogP contribution in [0, 0.1) is 0 Å². The van der Waals surface area contributed by atoms with Gasteiger partial charge in [0.15, 0.2) is 5.83 Å². The summed E-state index contributed by atoms with van der Waals surface area (Å²) < 4.78 is 28.0. The lowest BCUT2D eigenvalue weighted by Gasteiger charge is -2.10. The Morgan fingerprint density at radius 2 is 1.69 bits per heavy atom. The average Bonchev–Trinajstić information content (AvgIpc) is 2.65. The van der Waals surface area contributed by atoms with Crippen molar-refractivity contribution in [2.24, 2.45) is 0 Å². The second-order valence-corrected chi connectivity index (χ2v) is 6.33. The molecule has 0 spiro atoms. The van der Waals surface area contributed by atoms with Crippen molar-refractivity contribution in [3.8, 4) is 11.1 Å². The Labute approximate surface area is 153 Å². The van der Waals surface area contributed by atoms with E-state index in [1.54, 1.807) is 18.2 Å². The van der Waals surface area contributed by atoms with E-state index in [1.807, 2.05) is 19.1 Å². The summed E-state index contributed by atoms with van der Waals surface area (Å²) in [5, 5.41) is 9.43. The molecule has 0 saturated heterocycles. The first-order valence-corrected chi connectivity index (χ1v) is 8.99. The van der Waals surface area contributed by atoms with Gasteiger partial charge in [0, 0.05) is 12.0 Å². The molecule has 0 aromatic heterocycles. The predicted molar refractivity (Wildman–Crippen MR) is 101 cm³/mol. The van der Waals surface area contributed by atoms with Gasteiger partial charge in [0.25, 0.3) is 0 Å². The molecule has 26 heavy (non-hydrogen) atoms. The minimum atomic E-state index is -1.01. The summed E-state index contributed by atoms with van der Waals surface area (Å²) in [4.78, 5) is 11.5. The third kappa shape index (κ3) is 4.78. The maximum Gasteiger partial charge on any atom is 0.336 e. The second kappa shape index (κ2) is 9.27. The molecule has 0 fully saturated rings. The summed E-state index contributed by atoms with van der Waals surface area (Å²) in [6.45, 7) is 3.98. The van der Waals surface area contributed by atoms with Gasteiger partial charge in [-0.05, 0) is 35.6 Å². The fraction of sp³-hybridized carbons (Fsp3) is 0.318. The van der Waals surface area contributed by atoms with Crippen molar-refractivity contribution in [2.75, 3.05) is 0 Å². The number of hydrogen-bond acceptors (Lipinski definition) is 1. The maximum absolute atomic E-state index is 14.2. The lowest BCUT2D eigenvalue weighted by atomic mass is 9.95. The molecule has 138 valence electrons. The molecule has 0 aliphatic heterocycles. The number of carbonyl (C=O) groups is 1. The van der Waals surface area contributed by atoms with Crippen LogP contribution in [0.4, 0.5) is 8.78 Å². The first kappa shape index (κ1) is 19.8. The highest BCUT2D eigenvalue weighted by molar-refractivity contribution is 5.96. The molecule has 0 aliphatic rings. The molecular weight excluding hydrogens is 334 g/mol. The van der Waals surface area contributed by atoms with Crippen LogP contribution in [0.25, 0.3) is 17.0 Å². The number of benzene rings is 2. The molecule has 2 aromatic carbocycles. The van der Waals surface area contributed by atoms with Gasteiger partial charge in [0.1, 0.15) is 5.83 Å². The first-order chi connectivity index (χ1) is 12.5. The van der Waals surface area contributed by atoms with Crippen LogP contribution in [-0.2, 0) is 6.42 Å². The monoisotopic (exact) mass is 358 g/mol. The number of allylic oxidation sites excluding steroid dienone is 1. The topological polar surface area (TPSA) is 37.3 Å². The van der Waals surface area contributed by atoms with Crippen LogP contribution in [0.2, 0.25) is 0 Å². The number of carboxylic acid groups (broad SMARTS) is 1. The van der Waals surface area contributed by atoms with Crippen LogP contribution in [0.3, 0.4) is 0 Å². The number of halogens is 2. The smallest absolute Gasteiger partial charge is 0.336 e. The van der Waals surface area contributed by atoms with Crippen molar-refractivity contribution in [2.45, 2.75) is 46.0 Å². The molecule has 0 bridgehead atoms. The summed E-state index contributed by atoms with van der Waals surface area (Å²) >= 11 is 0. The molecule has 2 rings (SSSR count). The molecule has 2 aromatic rings. The van der Waals surface area contributed by atoms with Crippen LogP contribution >= 0.6 is 0 Å². The minimum absolute atomic E-state index is 0.0896. The van der Waals surface area contributed by atoms with Crippen molar-refractivity contribution in [1.82, 2.24) is 0 Å². The van der Waals surface area contributed by atoms with E-state index in [0.717, 1.165) is 24.8 Å². The first-order valence-electron chi connectivity index (χ1n) is 8.99. The van der Waals surface area contributed by atoms with Gasteiger partial charge in [-0.1, -0.05) is 63.1 Å². The molecule has 2 nitrogen and oxygen atoms in total. The molecule has 0 atom stereocenters. The van der Waals surface area contributed by atoms with E-state index < -0.39 is 17.6 Å². The molecular formula is C22H24F2O2. The van der Waals surface area contributed by atoms with Crippen molar-refractivity contribution in [3.63, 3.8) is 0 Å². The number of aryl methyl sites for hydroxylation is 1. The Morgan fingerprint density at radius 1 is 1.00 bits per heavy atom. The van der Waals surface area contributed by atoms with Crippen LogP contribution < -0.4 is 0 Å². The zero-order chi connectivity index (χ0) is 19.1.